The van der Waals surface area contributed by atoms with Crippen LogP contribution in [0.4, 0.5) is 5.69 Å². The Morgan fingerprint density at radius 3 is 2.46 bits per heavy atom. The second-order valence-corrected chi connectivity index (χ2v) is 8.48. The first-order chi connectivity index (χ1) is 11.5. The molecule has 0 aliphatic heterocycles. The van der Waals surface area contributed by atoms with Crippen molar-refractivity contribution in [2.45, 2.75) is 42.8 Å². The molecule has 1 aliphatic carbocycles. The Morgan fingerprint density at radius 1 is 1.04 bits per heavy atom. The third-order valence-electron chi connectivity index (χ3n) is 4.55. The molecule has 3 rings (SSSR count). The quantitative estimate of drug-likeness (QED) is 0.914. The van der Waals surface area contributed by atoms with Gasteiger partial charge >= 0.3 is 0 Å². The highest BCUT2D eigenvalue weighted by molar-refractivity contribution is 7.92. The molecule has 1 N–H and O–H groups in total. The second kappa shape index (κ2) is 6.77. The normalized spacial score (nSPS) is 15.4. The molecule has 0 aromatic heterocycles. The number of anilines is 1. The number of benzene rings is 2. The van der Waals surface area contributed by atoms with Crippen molar-refractivity contribution in [1.82, 2.24) is 0 Å². The molecule has 24 heavy (non-hydrogen) atoms. The second-order valence-electron chi connectivity index (χ2n) is 6.25. The number of nitrogens with one attached hydrogen (secondary N) is 1. The summed E-state index contributed by atoms with van der Waals surface area (Å²) in [6, 6.07) is 13.9. The standard InChI is InChI=1S/C19H21NO3S/c1-14-7-2-5-12-18(14)19(21)20-15-8-6-11-17(13-15)24(22,23)16-9-3-4-10-16/h2,5-8,11-13,16H,3-4,9-10H2,1H3,(H,20,21). The molecule has 1 fully saturated rings. The van der Waals surface area contributed by atoms with Crippen molar-refractivity contribution >= 4 is 21.4 Å². The van der Waals surface area contributed by atoms with Gasteiger partial charge in [0.2, 0.25) is 0 Å². The summed E-state index contributed by atoms with van der Waals surface area (Å²) in [4.78, 5) is 12.7. The topological polar surface area (TPSA) is 63.2 Å². The molecule has 1 saturated carbocycles. The number of carbonyl (C=O) groups is 1. The van der Waals surface area contributed by atoms with Crippen molar-refractivity contribution in [2.75, 3.05) is 5.32 Å². The van der Waals surface area contributed by atoms with Crippen molar-refractivity contribution < 1.29 is 13.2 Å². The van der Waals surface area contributed by atoms with Crippen molar-refractivity contribution in [3.8, 4) is 0 Å². The highest BCUT2D eigenvalue weighted by atomic mass is 32.2. The minimum atomic E-state index is -3.32. The van der Waals surface area contributed by atoms with E-state index in [4.69, 9.17) is 0 Å². The van der Waals surface area contributed by atoms with E-state index in [-0.39, 0.29) is 16.1 Å². The Morgan fingerprint density at radius 2 is 1.75 bits per heavy atom. The number of hydrogen-bond acceptors (Lipinski definition) is 3. The first kappa shape index (κ1) is 16.7. The minimum absolute atomic E-state index is 0.233. The van der Waals surface area contributed by atoms with Gasteiger partial charge in [-0.15, -0.1) is 0 Å². The zero-order valence-electron chi connectivity index (χ0n) is 13.7. The molecule has 0 radical (unpaired) electrons. The summed E-state index contributed by atoms with van der Waals surface area (Å²) >= 11 is 0. The molecule has 0 unspecified atom stereocenters. The van der Waals surface area contributed by atoms with E-state index in [1.807, 2.05) is 25.1 Å². The van der Waals surface area contributed by atoms with E-state index in [0.717, 1.165) is 31.2 Å². The average molecular weight is 343 g/mol. The lowest BCUT2D eigenvalue weighted by molar-refractivity contribution is 0.102. The Labute approximate surface area is 142 Å². The number of rotatable bonds is 4. The molecule has 2 aromatic carbocycles. The van der Waals surface area contributed by atoms with Gasteiger partial charge in [0.1, 0.15) is 0 Å². The fraction of sp³-hybridized carbons (Fsp3) is 0.316. The van der Waals surface area contributed by atoms with Gasteiger partial charge in [0.15, 0.2) is 9.84 Å². The van der Waals surface area contributed by atoms with Crippen LogP contribution in [0.25, 0.3) is 0 Å². The number of hydrogen-bond donors (Lipinski definition) is 1. The van der Waals surface area contributed by atoms with Crippen LogP contribution in [0.5, 0.6) is 0 Å². The molecule has 2 aromatic rings. The molecule has 0 bridgehead atoms. The van der Waals surface area contributed by atoms with E-state index in [2.05, 4.69) is 5.32 Å². The fourth-order valence-electron chi connectivity index (χ4n) is 3.17. The van der Waals surface area contributed by atoms with Crippen LogP contribution in [0.1, 0.15) is 41.6 Å². The molecular weight excluding hydrogens is 322 g/mol. The van der Waals surface area contributed by atoms with Crippen molar-refractivity contribution in [2.24, 2.45) is 0 Å². The Bertz CT molecular complexity index is 852. The Kier molecular flexibility index (Phi) is 4.71. The van der Waals surface area contributed by atoms with Gasteiger partial charge < -0.3 is 5.32 Å². The van der Waals surface area contributed by atoms with Crippen LogP contribution in [-0.2, 0) is 9.84 Å². The smallest absolute Gasteiger partial charge is 0.255 e. The molecule has 0 saturated heterocycles. The lowest BCUT2D eigenvalue weighted by Crippen LogP contribution is -2.18. The molecule has 1 amide bonds. The first-order valence-electron chi connectivity index (χ1n) is 8.19. The molecule has 126 valence electrons. The summed E-state index contributed by atoms with van der Waals surface area (Å²) in [6.45, 7) is 1.87. The monoisotopic (exact) mass is 343 g/mol. The van der Waals surface area contributed by atoms with Crippen molar-refractivity contribution in [1.29, 1.82) is 0 Å². The third-order valence-corrected chi connectivity index (χ3v) is 6.81. The zero-order valence-corrected chi connectivity index (χ0v) is 14.5. The number of carbonyl (C=O) groups excluding carboxylic acids is 1. The van der Waals surface area contributed by atoms with E-state index in [0.29, 0.717) is 11.3 Å². The predicted molar refractivity (Wildman–Crippen MR) is 95.0 cm³/mol. The van der Waals surface area contributed by atoms with Crippen molar-refractivity contribution in [3.05, 3.63) is 59.7 Å². The summed E-state index contributed by atoms with van der Waals surface area (Å²) in [5, 5.41) is 2.51. The molecule has 4 nitrogen and oxygen atoms in total. The van der Waals surface area contributed by atoms with E-state index in [1.54, 1.807) is 30.3 Å². The number of aryl methyl sites for hydroxylation is 1. The van der Waals surface area contributed by atoms with E-state index in [1.165, 1.54) is 0 Å². The average Bonchev–Trinajstić information content (AvgIpc) is 3.11. The number of amides is 1. The maximum absolute atomic E-state index is 12.7. The van der Waals surface area contributed by atoms with Gasteiger partial charge in [0.05, 0.1) is 10.1 Å². The predicted octanol–water partition coefficient (Wildman–Crippen LogP) is 3.96. The fourth-order valence-corrected chi connectivity index (χ4v) is 5.07. The molecule has 5 heteroatoms. The van der Waals surface area contributed by atoms with Crippen LogP contribution in [0.2, 0.25) is 0 Å². The van der Waals surface area contributed by atoms with Gasteiger partial charge in [-0.3, -0.25) is 4.79 Å². The maximum Gasteiger partial charge on any atom is 0.255 e. The zero-order chi connectivity index (χ0) is 17.2. The molecule has 0 spiro atoms. The lowest BCUT2D eigenvalue weighted by atomic mass is 10.1. The lowest BCUT2D eigenvalue weighted by Gasteiger charge is -2.13. The van der Waals surface area contributed by atoms with Crippen LogP contribution < -0.4 is 5.32 Å². The van der Waals surface area contributed by atoms with Crippen LogP contribution in [-0.4, -0.2) is 19.6 Å². The number of sulfone groups is 1. The highest BCUT2D eigenvalue weighted by Gasteiger charge is 2.30. The van der Waals surface area contributed by atoms with E-state index < -0.39 is 9.84 Å². The third kappa shape index (κ3) is 3.36. The molecule has 0 heterocycles. The molecule has 0 atom stereocenters. The molecular formula is C19H21NO3S. The molecule has 1 aliphatic rings. The summed E-state index contributed by atoms with van der Waals surface area (Å²) in [7, 11) is -3.32. The van der Waals surface area contributed by atoms with E-state index in [9.17, 15) is 13.2 Å². The van der Waals surface area contributed by atoms with Crippen LogP contribution >= 0.6 is 0 Å². The highest BCUT2D eigenvalue weighted by Crippen LogP contribution is 2.30. The Hall–Kier alpha value is -2.14. The SMILES string of the molecule is Cc1ccccc1C(=O)Nc1cccc(S(=O)(=O)C2CCCC2)c1. The van der Waals surface area contributed by atoms with Gasteiger partial charge in [-0.2, -0.15) is 0 Å². The van der Waals surface area contributed by atoms with Crippen LogP contribution in [0.15, 0.2) is 53.4 Å². The van der Waals surface area contributed by atoms with Crippen molar-refractivity contribution in [3.63, 3.8) is 0 Å². The van der Waals surface area contributed by atoms with E-state index >= 15 is 0 Å². The van der Waals surface area contributed by atoms with Crippen LogP contribution in [0, 0.1) is 6.92 Å². The summed E-state index contributed by atoms with van der Waals surface area (Å²) in [5.41, 5.74) is 1.97. The summed E-state index contributed by atoms with van der Waals surface area (Å²) in [6.07, 6.45) is 3.38. The van der Waals surface area contributed by atoms with Gasteiger partial charge in [-0.1, -0.05) is 37.1 Å². The largest absolute Gasteiger partial charge is 0.322 e. The van der Waals surface area contributed by atoms with Gasteiger partial charge in [-0.25, -0.2) is 8.42 Å². The minimum Gasteiger partial charge on any atom is -0.322 e. The summed E-state index contributed by atoms with van der Waals surface area (Å²) in [5.74, 6) is -0.233. The first-order valence-corrected chi connectivity index (χ1v) is 9.74. The van der Waals surface area contributed by atoms with Gasteiger partial charge in [0, 0.05) is 11.3 Å². The van der Waals surface area contributed by atoms with Gasteiger partial charge in [-0.05, 0) is 49.6 Å². The van der Waals surface area contributed by atoms with Crippen LogP contribution in [0.3, 0.4) is 0 Å². The summed E-state index contributed by atoms with van der Waals surface area (Å²) < 4.78 is 25.4. The Balaban J connectivity index is 1.83. The van der Waals surface area contributed by atoms with Gasteiger partial charge in [0.25, 0.3) is 5.91 Å². The maximum atomic E-state index is 12.7.